The van der Waals surface area contributed by atoms with Crippen LogP contribution in [0, 0.1) is 0 Å². The average molecular weight is 642 g/mol. The molecule has 1 aliphatic heterocycles. The molecule has 50 heavy (non-hydrogen) atoms. The van der Waals surface area contributed by atoms with Gasteiger partial charge in [-0.2, -0.15) is 0 Å². The number of nitrogens with zero attached hydrogens (tertiary/aromatic N) is 1. The largest absolute Gasteiger partial charge is 0.365 e. The van der Waals surface area contributed by atoms with Gasteiger partial charge in [0.1, 0.15) is 6.17 Å². The van der Waals surface area contributed by atoms with Crippen molar-refractivity contribution in [2.45, 2.75) is 19.1 Å². The van der Waals surface area contributed by atoms with Gasteiger partial charge in [0.2, 0.25) is 0 Å². The predicted molar refractivity (Wildman–Crippen MR) is 212 cm³/mol. The third kappa shape index (κ3) is 4.14. The highest BCUT2D eigenvalue weighted by atomic mass is 15.2. The molecule has 238 valence electrons. The van der Waals surface area contributed by atoms with Gasteiger partial charge in [0, 0.05) is 27.9 Å². The maximum atomic E-state index is 4.24. The molecule has 0 saturated heterocycles. The Morgan fingerprint density at radius 2 is 1.42 bits per heavy atom. The Bertz CT molecular complexity index is 2650. The summed E-state index contributed by atoms with van der Waals surface area (Å²) in [7, 11) is 0. The summed E-state index contributed by atoms with van der Waals surface area (Å²) in [5, 5.41) is 14.2. The summed E-state index contributed by atoms with van der Waals surface area (Å²) >= 11 is 0. The Kier molecular flexibility index (Phi) is 6.45. The molecule has 2 atom stereocenters. The first-order chi connectivity index (χ1) is 24.7. The Morgan fingerprint density at radius 1 is 0.680 bits per heavy atom. The van der Waals surface area contributed by atoms with Crippen molar-refractivity contribution in [3.63, 3.8) is 0 Å². The van der Waals surface area contributed by atoms with E-state index >= 15 is 0 Å². The maximum absolute atomic E-state index is 4.24. The van der Waals surface area contributed by atoms with E-state index in [1.165, 1.54) is 77.1 Å². The van der Waals surface area contributed by atoms with Crippen LogP contribution < -0.4 is 10.6 Å². The molecule has 2 heterocycles. The van der Waals surface area contributed by atoms with Gasteiger partial charge < -0.3 is 9.88 Å². The fraction of sp³-hybridized carbons (Fsp3) is 0.0638. The molecular formula is C47H35N3. The van der Waals surface area contributed by atoms with E-state index in [2.05, 4.69) is 180 Å². The van der Waals surface area contributed by atoms with Crippen molar-refractivity contribution in [3.05, 3.63) is 180 Å². The molecule has 2 N–H and O–H groups in total. The third-order valence-electron chi connectivity index (χ3n) is 10.7. The number of aromatic nitrogens is 1. The van der Waals surface area contributed by atoms with Crippen LogP contribution in [-0.2, 0) is 0 Å². The molecule has 3 aliphatic rings. The van der Waals surface area contributed by atoms with Gasteiger partial charge in [-0.25, -0.2) is 0 Å². The van der Waals surface area contributed by atoms with Crippen molar-refractivity contribution in [2.75, 3.05) is 0 Å². The quantitative estimate of drug-likeness (QED) is 0.196. The summed E-state index contributed by atoms with van der Waals surface area (Å²) in [4.78, 5) is 0. The lowest BCUT2D eigenvalue weighted by Gasteiger charge is -2.36. The van der Waals surface area contributed by atoms with Crippen molar-refractivity contribution in [3.8, 4) is 27.9 Å². The van der Waals surface area contributed by atoms with Crippen LogP contribution >= 0.6 is 0 Å². The molecule has 0 radical (unpaired) electrons. The number of hydrogen-bond acceptors (Lipinski definition) is 2. The van der Waals surface area contributed by atoms with Crippen LogP contribution in [0.4, 0.5) is 0 Å². The maximum Gasteiger partial charge on any atom is 0.104 e. The zero-order chi connectivity index (χ0) is 33.3. The second-order valence-electron chi connectivity index (χ2n) is 13.3. The number of hydrogen-bond donors (Lipinski definition) is 2. The molecule has 0 amide bonds. The van der Waals surface area contributed by atoms with E-state index < -0.39 is 0 Å². The van der Waals surface area contributed by atoms with Gasteiger partial charge in [-0.1, -0.05) is 140 Å². The molecule has 10 rings (SSSR count). The molecule has 0 fully saturated rings. The average Bonchev–Trinajstić information content (AvgIpc) is 3.68. The van der Waals surface area contributed by atoms with Gasteiger partial charge in [0.15, 0.2) is 0 Å². The zero-order valence-corrected chi connectivity index (χ0v) is 27.8. The van der Waals surface area contributed by atoms with Crippen molar-refractivity contribution in [1.29, 1.82) is 0 Å². The summed E-state index contributed by atoms with van der Waals surface area (Å²) < 4.78 is 2.37. The monoisotopic (exact) mass is 641 g/mol. The van der Waals surface area contributed by atoms with Crippen LogP contribution in [0.15, 0.2) is 158 Å². The second-order valence-corrected chi connectivity index (χ2v) is 13.3. The van der Waals surface area contributed by atoms with Crippen LogP contribution in [0.5, 0.6) is 0 Å². The minimum absolute atomic E-state index is 0.0757. The Balaban J connectivity index is 1.07. The normalized spacial score (nSPS) is 17.5. The standard InChI is InChI=1S/C47H35N3/c1-3-12-42-32(4-2)45-33-14-6-5-13-29(33)23-28-43(45)50(42)31-24-21-30(22-25-31)47-48-41-20-10-9-17-40(41)46(49-47)39-27-26-38-35-16-8-7-15-34(35)36-18-11-19-37(39)44(36)38/h3-28,41,47-49H,2H2,1H3/b12-3-. The lowest BCUT2D eigenvalue weighted by Crippen LogP contribution is -2.45. The Labute approximate surface area is 291 Å². The molecule has 3 heteroatoms. The first-order valence-corrected chi connectivity index (χ1v) is 17.4. The molecule has 3 nitrogen and oxygen atoms in total. The van der Waals surface area contributed by atoms with Gasteiger partial charge in [0.05, 0.1) is 17.3 Å². The molecule has 1 aromatic heterocycles. The summed E-state index contributed by atoms with van der Waals surface area (Å²) in [6, 6.07) is 42.4. The first-order valence-electron chi connectivity index (χ1n) is 17.4. The minimum atomic E-state index is -0.0757. The number of nitrogens with one attached hydrogen (secondary N) is 2. The van der Waals surface area contributed by atoms with Gasteiger partial charge in [-0.05, 0) is 86.1 Å². The van der Waals surface area contributed by atoms with Gasteiger partial charge in [-0.15, -0.1) is 0 Å². The van der Waals surface area contributed by atoms with Crippen molar-refractivity contribution < 1.29 is 0 Å². The van der Waals surface area contributed by atoms with E-state index in [4.69, 9.17) is 0 Å². The van der Waals surface area contributed by atoms with E-state index in [1.807, 2.05) is 6.08 Å². The van der Waals surface area contributed by atoms with Crippen LogP contribution in [0.25, 0.3) is 78.2 Å². The smallest absolute Gasteiger partial charge is 0.104 e. The van der Waals surface area contributed by atoms with Gasteiger partial charge in [-0.3, -0.25) is 5.32 Å². The zero-order valence-electron chi connectivity index (χ0n) is 27.8. The lowest BCUT2D eigenvalue weighted by atomic mass is 9.89. The molecule has 0 saturated carbocycles. The van der Waals surface area contributed by atoms with Crippen LogP contribution in [0.3, 0.4) is 0 Å². The van der Waals surface area contributed by atoms with Crippen LogP contribution in [-0.4, -0.2) is 10.6 Å². The lowest BCUT2D eigenvalue weighted by molar-refractivity contribution is 0.460. The van der Waals surface area contributed by atoms with E-state index in [0.717, 1.165) is 16.9 Å². The second kappa shape index (κ2) is 11.2. The van der Waals surface area contributed by atoms with Crippen LogP contribution in [0.1, 0.15) is 35.5 Å². The SMILES string of the molecule is C=Cc1c(/C=C\C)n(-c2ccc(C3NC(c4ccc5c6c(cccc46)-c4ccccc4-5)=C4C=CC=CC4N3)cc2)c2ccc3ccccc3c12. The van der Waals surface area contributed by atoms with E-state index in [9.17, 15) is 0 Å². The Hall–Kier alpha value is -6.16. The summed E-state index contributed by atoms with van der Waals surface area (Å²) in [6.07, 6.45) is 15.0. The summed E-state index contributed by atoms with van der Waals surface area (Å²) in [6.45, 7) is 6.32. The number of benzene rings is 6. The fourth-order valence-electron chi connectivity index (χ4n) is 8.54. The minimum Gasteiger partial charge on any atom is -0.365 e. The topological polar surface area (TPSA) is 29.0 Å². The van der Waals surface area contributed by atoms with Crippen molar-refractivity contribution >= 4 is 50.3 Å². The highest BCUT2D eigenvalue weighted by molar-refractivity contribution is 6.17. The first kappa shape index (κ1) is 28.8. The van der Waals surface area contributed by atoms with Gasteiger partial charge in [0.25, 0.3) is 0 Å². The van der Waals surface area contributed by atoms with Gasteiger partial charge >= 0.3 is 0 Å². The summed E-state index contributed by atoms with van der Waals surface area (Å²) in [5.74, 6) is 0. The van der Waals surface area contributed by atoms with E-state index in [0.29, 0.717) is 0 Å². The van der Waals surface area contributed by atoms with Crippen molar-refractivity contribution in [1.82, 2.24) is 15.2 Å². The molecule has 0 spiro atoms. The third-order valence-corrected chi connectivity index (χ3v) is 10.7. The molecule has 2 aliphatic carbocycles. The highest BCUT2D eigenvalue weighted by Crippen LogP contribution is 2.49. The summed E-state index contributed by atoms with van der Waals surface area (Å²) in [5.41, 5.74) is 14.7. The van der Waals surface area contributed by atoms with Crippen LogP contribution in [0.2, 0.25) is 0 Å². The van der Waals surface area contributed by atoms with E-state index in [-0.39, 0.29) is 12.2 Å². The molecule has 2 unspecified atom stereocenters. The van der Waals surface area contributed by atoms with E-state index in [1.54, 1.807) is 0 Å². The number of allylic oxidation sites excluding steroid dienone is 3. The molecule has 0 bridgehead atoms. The fourth-order valence-corrected chi connectivity index (χ4v) is 8.54. The van der Waals surface area contributed by atoms with Crippen molar-refractivity contribution in [2.24, 2.45) is 0 Å². The number of rotatable bonds is 5. The predicted octanol–water partition coefficient (Wildman–Crippen LogP) is 11.4. The highest BCUT2D eigenvalue weighted by Gasteiger charge is 2.30. The molecular weight excluding hydrogens is 607 g/mol. The Morgan fingerprint density at radius 3 is 2.24 bits per heavy atom. The molecule has 6 aromatic carbocycles. The molecule has 7 aromatic rings. The number of fused-ring (bicyclic) bond motifs is 7.